The quantitative estimate of drug-likeness (QED) is 0.432. The van der Waals surface area contributed by atoms with Gasteiger partial charge in [0.1, 0.15) is 0 Å². The van der Waals surface area contributed by atoms with Crippen molar-refractivity contribution < 1.29 is 0 Å². The van der Waals surface area contributed by atoms with E-state index in [0.717, 1.165) is 0 Å². The highest BCUT2D eigenvalue weighted by atomic mass is 15.4. The fraction of sp³-hybridized carbons (Fsp3) is 0.800. The van der Waals surface area contributed by atoms with Gasteiger partial charge in [0, 0.05) is 12.2 Å². The van der Waals surface area contributed by atoms with E-state index in [0.29, 0.717) is 6.04 Å². The normalized spacial score (nSPS) is 12.5. The van der Waals surface area contributed by atoms with Gasteiger partial charge >= 0.3 is 0 Å². The Morgan fingerprint density at radius 3 is 2.67 bits per heavy atom. The van der Waals surface area contributed by atoms with Gasteiger partial charge in [-0.1, -0.05) is 39.2 Å². The van der Waals surface area contributed by atoms with Gasteiger partial charge < -0.3 is 5.43 Å². The fourth-order valence-corrected chi connectivity index (χ4v) is 1.15. The Hall–Kier alpha value is -0.500. The Bertz CT molecular complexity index is 102. The van der Waals surface area contributed by atoms with Crippen molar-refractivity contribution in [2.45, 2.75) is 52.0 Å². The molecule has 0 bridgehead atoms. The highest BCUT2D eigenvalue weighted by molar-refractivity contribution is 4.63. The van der Waals surface area contributed by atoms with Crippen LogP contribution < -0.4 is 10.9 Å². The molecule has 2 N–H and O–H groups in total. The van der Waals surface area contributed by atoms with E-state index in [2.05, 4.69) is 31.3 Å². The molecule has 12 heavy (non-hydrogen) atoms. The predicted molar refractivity (Wildman–Crippen MR) is 54.7 cm³/mol. The lowest BCUT2D eigenvalue weighted by Crippen LogP contribution is -2.35. The first-order valence-electron chi connectivity index (χ1n) is 4.93. The maximum absolute atomic E-state index is 3.57. The van der Waals surface area contributed by atoms with Gasteiger partial charge in [0.05, 0.1) is 0 Å². The first-order chi connectivity index (χ1) is 5.81. The molecule has 0 amide bonds. The van der Waals surface area contributed by atoms with Crippen LogP contribution in [0.2, 0.25) is 0 Å². The van der Waals surface area contributed by atoms with Crippen LogP contribution in [0.5, 0.6) is 0 Å². The summed E-state index contributed by atoms with van der Waals surface area (Å²) < 4.78 is 0. The van der Waals surface area contributed by atoms with E-state index < -0.39 is 0 Å². The van der Waals surface area contributed by atoms with Crippen LogP contribution in [0.15, 0.2) is 12.8 Å². The third-order valence-electron chi connectivity index (χ3n) is 1.92. The summed E-state index contributed by atoms with van der Waals surface area (Å²) in [5.74, 6) is 0. The van der Waals surface area contributed by atoms with E-state index >= 15 is 0 Å². The number of hydrogen-bond donors (Lipinski definition) is 2. The summed E-state index contributed by atoms with van der Waals surface area (Å²) in [6.07, 6.45) is 8.26. The molecule has 0 rings (SSSR count). The molecule has 2 heteroatoms. The topological polar surface area (TPSA) is 24.1 Å². The van der Waals surface area contributed by atoms with Gasteiger partial charge in [0.15, 0.2) is 0 Å². The molecule has 0 saturated heterocycles. The molecule has 0 heterocycles. The average Bonchev–Trinajstić information content (AvgIpc) is 2.09. The summed E-state index contributed by atoms with van der Waals surface area (Å²) in [6, 6.07) is 0.542. The zero-order valence-corrected chi connectivity index (χ0v) is 8.40. The number of unbranched alkanes of at least 4 members (excludes halogenated alkanes) is 3. The van der Waals surface area contributed by atoms with Gasteiger partial charge in [0.25, 0.3) is 0 Å². The molecule has 0 aliphatic rings. The standard InChI is InChI=1S/C10H22N2/c1-4-6-7-8-9-10(3)12-11-5-2/h5,10-12H,2,4,6-9H2,1,3H3. The summed E-state index contributed by atoms with van der Waals surface area (Å²) in [7, 11) is 0. The van der Waals surface area contributed by atoms with Crippen LogP contribution >= 0.6 is 0 Å². The van der Waals surface area contributed by atoms with Crippen molar-refractivity contribution >= 4 is 0 Å². The molecule has 0 saturated carbocycles. The SMILES string of the molecule is C=CNNC(C)CCCCCC. The van der Waals surface area contributed by atoms with Crippen LogP contribution in [-0.4, -0.2) is 6.04 Å². The number of rotatable bonds is 8. The van der Waals surface area contributed by atoms with E-state index in [1.165, 1.54) is 32.1 Å². The summed E-state index contributed by atoms with van der Waals surface area (Å²) in [5, 5.41) is 0. The molecule has 0 radical (unpaired) electrons. The van der Waals surface area contributed by atoms with Crippen molar-refractivity contribution in [1.82, 2.24) is 10.9 Å². The Labute approximate surface area is 76.4 Å². The van der Waals surface area contributed by atoms with Gasteiger partial charge in [-0.2, -0.15) is 0 Å². The van der Waals surface area contributed by atoms with Crippen molar-refractivity contribution in [3.05, 3.63) is 12.8 Å². The zero-order chi connectivity index (χ0) is 9.23. The molecule has 0 aromatic carbocycles. The maximum atomic E-state index is 3.57. The van der Waals surface area contributed by atoms with Gasteiger partial charge in [-0.15, -0.1) is 0 Å². The lowest BCUT2D eigenvalue weighted by molar-refractivity contribution is 0.455. The Morgan fingerprint density at radius 2 is 2.08 bits per heavy atom. The Morgan fingerprint density at radius 1 is 1.33 bits per heavy atom. The van der Waals surface area contributed by atoms with E-state index in [9.17, 15) is 0 Å². The van der Waals surface area contributed by atoms with Crippen LogP contribution in [0.25, 0.3) is 0 Å². The molecule has 0 aliphatic heterocycles. The minimum Gasteiger partial charge on any atom is -0.329 e. The summed E-state index contributed by atoms with van der Waals surface area (Å²) in [5.41, 5.74) is 6.04. The van der Waals surface area contributed by atoms with Crippen molar-refractivity contribution in [3.63, 3.8) is 0 Å². The van der Waals surface area contributed by atoms with Crippen LogP contribution in [0.3, 0.4) is 0 Å². The highest BCUT2D eigenvalue weighted by Gasteiger charge is 1.97. The maximum Gasteiger partial charge on any atom is 0.0232 e. The first kappa shape index (κ1) is 11.5. The lowest BCUT2D eigenvalue weighted by Gasteiger charge is -2.12. The van der Waals surface area contributed by atoms with Crippen LogP contribution in [0.1, 0.15) is 46.0 Å². The number of hydrogen-bond acceptors (Lipinski definition) is 2. The van der Waals surface area contributed by atoms with E-state index in [-0.39, 0.29) is 0 Å². The van der Waals surface area contributed by atoms with Crippen molar-refractivity contribution in [2.24, 2.45) is 0 Å². The number of hydrazine groups is 1. The molecular weight excluding hydrogens is 148 g/mol. The molecule has 0 aromatic heterocycles. The van der Waals surface area contributed by atoms with Crippen LogP contribution in [-0.2, 0) is 0 Å². The fourth-order valence-electron chi connectivity index (χ4n) is 1.15. The monoisotopic (exact) mass is 170 g/mol. The molecule has 1 atom stereocenters. The molecule has 1 unspecified atom stereocenters. The minimum absolute atomic E-state index is 0.542. The third-order valence-corrected chi connectivity index (χ3v) is 1.92. The van der Waals surface area contributed by atoms with Crippen molar-refractivity contribution in [3.8, 4) is 0 Å². The van der Waals surface area contributed by atoms with Crippen molar-refractivity contribution in [1.29, 1.82) is 0 Å². The van der Waals surface area contributed by atoms with E-state index in [4.69, 9.17) is 0 Å². The van der Waals surface area contributed by atoms with Gasteiger partial charge in [-0.3, -0.25) is 0 Å². The summed E-state index contributed by atoms with van der Waals surface area (Å²) in [4.78, 5) is 0. The van der Waals surface area contributed by atoms with Gasteiger partial charge in [0.2, 0.25) is 0 Å². The van der Waals surface area contributed by atoms with E-state index in [1.54, 1.807) is 6.20 Å². The summed E-state index contributed by atoms with van der Waals surface area (Å²) in [6.45, 7) is 7.99. The highest BCUT2D eigenvalue weighted by Crippen LogP contribution is 2.04. The van der Waals surface area contributed by atoms with Crippen LogP contribution in [0, 0.1) is 0 Å². The summed E-state index contributed by atoms with van der Waals surface area (Å²) >= 11 is 0. The Kier molecular flexibility index (Phi) is 8.24. The number of nitrogens with one attached hydrogen (secondary N) is 2. The van der Waals surface area contributed by atoms with Gasteiger partial charge in [-0.05, 0) is 13.3 Å². The molecule has 72 valence electrons. The van der Waals surface area contributed by atoms with Crippen LogP contribution in [0.4, 0.5) is 0 Å². The molecule has 0 spiro atoms. The minimum atomic E-state index is 0.542. The molecular formula is C10H22N2. The zero-order valence-electron chi connectivity index (χ0n) is 8.40. The second-order valence-corrected chi connectivity index (χ2v) is 3.24. The molecule has 2 nitrogen and oxygen atoms in total. The molecule has 0 fully saturated rings. The predicted octanol–water partition coefficient (Wildman–Crippen LogP) is 2.58. The van der Waals surface area contributed by atoms with E-state index in [1.807, 2.05) is 0 Å². The van der Waals surface area contributed by atoms with Gasteiger partial charge in [-0.25, -0.2) is 5.43 Å². The average molecular weight is 170 g/mol. The second kappa shape index (κ2) is 8.60. The first-order valence-corrected chi connectivity index (χ1v) is 4.93. The third kappa shape index (κ3) is 7.61. The van der Waals surface area contributed by atoms with Crippen molar-refractivity contribution in [2.75, 3.05) is 0 Å². The lowest BCUT2D eigenvalue weighted by atomic mass is 10.1. The second-order valence-electron chi connectivity index (χ2n) is 3.24. The Balaban J connectivity index is 3.07. The molecule has 0 aromatic rings. The smallest absolute Gasteiger partial charge is 0.0232 e. The molecule has 0 aliphatic carbocycles. The largest absolute Gasteiger partial charge is 0.329 e.